The van der Waals surface area contributed by atoms with Crippen molar-refractivity contribution < 1.29 is 24.5 Å². The molecule has 3 aromatic rings. The molecule has 38 heavy (non-hydrogen) atoms. The van der Waals surface area contributed by atoms with E-state index in [-0.39, 0.29) is 23.2 Å². The highest BCUT2D eigenvalue weighted by molar-refractivity contribution is 6.10. The second-order valence-electron chi connectivity index (χ2n) is 9.33. The zero-order chi connectivity index (χ0) is 27.5. The summed E-state index contributed by atoms with van der Waals surface area (Å²) in [6.07, 6.45) is 4.20. The first-order valence-corrected chi connectivity index (χ1v) is 12.9. The molecule has 198 valence electrons. The van der Waals surface area contributed by atoms with Gasteiger partial charge in [-0.3, -0.25) is 4.79 Å². The first-order valence-electron chi connectivity index (χ1n) is 12.9. The van der Waals surface area contributed by atoms with E-state index in [1.807, 2.05) is 13.0 Å². The fraction of sp³-hybridized carbons (Fsp3) is 0.323. The zero-order valence-corrected chi connectivity index (χ0v) is 21.8. The standard InChI is InChI=1S/C31H34N2O5/c1-4-5-12-24(13-9-14-27(31(36)37)33-28-19-23(32-3)16-15-21(28)2)38-25-17-18-26(29(34)20-25)30(35)22-10-7-6-8-11-22/h6-8,10-11,15-20,24,27,33-34H,4-5,9,12-14H2,1-2H3,(H,36,37). The number of carboxylic acids is 1. The summed E-state index contributed by atoms with van der Waals surface area (Å²) in [5.41, 5.74) is 2.68. The van der Waals surface area contributed by atoms with Crippen molar-refractivity contribution in [3.63, 3.8) is 0 Å². The number of benzene rings is 3. The van der Waals surface area contributed by atoms with Gasteiger partial charge in [0.2, 0.25) is 0 Å². The number of rotatable bonds is 14. The van der Waals surface area contributed by atoms with Crippen LogP contribution >= 0.6 is 0 Å². The third-order valence-electron chi connectivity index (χ3n) is 6.43. The molecule has 0 spiro atoms. The van der Waals surface area contributed by atoms with Crippen molar-refractivity contribution in [3.8, 4) is 11.5 Å². The number of aryl methyl sites for hydroxylation is 1. The second kappa shape index (κ2) is 13.8. The summed E-state index contributed by atoms with van der Waals surface area (Å²) in [5.74, 6) is -0.890. The highest BCUT2D eigenvalue weighted by atomic mass is 16.5. The Morgan fingerprint density at radius 2 is 1.74 bits per heavy atom. The van der Waals surface area contributed by atoms with Crippen molar-refractivity contribution in [2.24, 2.45) is 0 Å². The van der Waals surface area contributed by atoms with E-state index in [1.54, 1.807) is 54.6 Å². The number of carbonyl (C=O) groups excluding carboxylic acids is 1. The van der Waals surface area contributed by atoms with E-state index in [2.05, 4.69) is 17.1 Å². The number of hydrogen-bond donors (Lipinski definition) is 3. The second-order valence-corrected chi connectivity index (χ2v) is 9.33. The normalized spacial score (nSPS) is 12.2. The first-order chi connectivity index (χ1) is 18.3. The molecule has 0 bridgehead atoms. The van der Waals surface area contributed by atoms with Gasteiger partial charge in [0.05, 0.1) is 18.2 Å². The maximum atomic E-state index is 12.7. The number of hydrogen-bond acceptors (Lipinski definition) is 5. The van der Waals surface area contributed by atoms with Crippen LogP contribution in [0.5, 0.6) is 11.5 Å². The number of phenolic OH excluding ortho intramolecular Hbond substituents is 1. The number of ketones is 1. The van der Waals surface area contributed by atoms with Crippen LogP contribution < -0.4 is 10.1 Å². The predicted molar refractivity (Wildman–Crippen MR) is 148 cm³/mol. The molecule has 0 amide bonds. The molecule has 0 aromatic heterocycles. The van der Waals surface area contributed by atoms with Gasteiger partial charge in [-0.15, -0.1) is 0 Å². The molecular weight excluding hydrogens is 480 g/mol. The Labute approximate surface area is 223 Å². The lowest BCUT2D eigenvalue weighted by atomic mass is 10.0. The fourth-order valence-corrected chi connectivity index (χ4v) is 4.24. The molecule has 2 unspecified atom stereocenters. The fourth-order valence-electron chi connectivity index (χ4n) is 4.24. The van der Waals surface area contributed by atoms with Crippen molar-refractivity contribution in [1.82, 2.24) is 0 Å². The summed E-state index contributed by atoms with van der Waals surface area (Å²) in [6.45, 7) is 11.2. The molecule has 3 aromatic carbocycles. The predicted octanol–water partition coefficient (Wildman–Crippen LogP) is 7.16. The average Bonchev–Trinajstić information content (AvgIpc) is 2.92. The van der Waals surface area contributed by atoms with Gasteiger partial charge in [0, 0.05) is 17.3 Å². The Kier molecular flexibility index (Phi) is 10.3. The number of nitrogens with one attached hydrogen (secondary N) is 1. The molecular formula is C31H34N2O5. The monoisotopic (exact) mass is 514 g/mol. The molecule has 2 atom stereocenters. The molecule has 0 aliphatic heterocycles. The lowest BCUT2D eigenvalue weighted by Crippen LogP contribution is -2.30. The van der Waals surface area contributed by atoms with E-state index in [4.69, 9.17) is 11.3 Å². The lowest BCUT2D eigenvalue weighted by Gasteiger charge is -2.22. The number of phenols is 1. The van der Waals surface area contributed by atoms with Gasteiger partial charge in [0.15, 0.2) is 11.5 Å². The summed E-state index contributed by atoms with van der Waals surface area (Å²) in [7, 11) is 0. The molecule has 0 aliphatic carbocycles. The quantitative estimate of drug-likeness (QED) is 0.156. The maximum Gasteiger partial charge on any atom is 0.326 e. The van der Waals surface area contributed by atoms with E-state index in [9.17, 15) is 19.8 Å². The van der Waals surface area contributed by atoms with Crippen molar-refractivity contribution >= 4 is 23.1 Å². The van der Waals surface area contributed by atoms with Crippen molar-refractivity contribution in [3.05, 3.63) is 94.8 Å². The van der Waals surface area contributed by atoms with Gasteiger partial charge < -0.3 is 20.3 Å². The molecule has 0 heterocycles. The van der Waals surface area contributed by atoms with E-state index in [1.165, 1.54) is 6.07 Å². The third kappa shape index (κ3) is 7.84. The van der Waals surface area contributed by atoms with Crippen LogP contribution in [0.25, 0.3) is 4.85 Å². The van der Waals surface area contributed by atoms with Gasteiger partial charge in [-0.25, -0.2) is 9.64 Å². The van der Waals surface area contributed by atoms with Crippen molar-refractivity contribution in [2.45, 2.75) is 64.5 Å². The smallest absolute Gasteiger partial charge is 0.326 e. The number of anilines is 1. The SMILES string of the molecule is [C-]#[N+]c1ccc(C)c(NC(CCCC(CCCC)Oc2ccc(C(=O)c3ccccc3)c(O)c2)C(=O)O)c1. The summed E-state index contributed by atoms with van der Waals surface area (Å²) in [5, 5.41) is 23.4. The average molecular weight is 515 g/mol. The minimum Gasteiger partial charge on any atom is -0.507 e. The summed E-state index contributed by atoms with van der Waals surface area (Å²) in [4.78, 5) is 28.1. The van der Waals surface area contributed by atoms with Crippen LogP contribution in [-0.4, -0.2) is 34.1 Å². The Hall–Kier alpha value is -4.31. The first kappa shape index (κ1) is 28.3. The number of nitrogens with zero attached hydrogens (tertiary/aromatic N) is 1. The lowest BCUT2D eigenvalue weighted by molar-refractivity contribution is -0.138. The molecule has 0 aliphatic rings. The van der Waals surface area contributed by atoms with Gasteiger partial charge >= 0.3 is 5.97 Å². The number of carboxylic acid groups (broad SMARTS) is 1. The highest BCUT2D eigenvalue weighted by Gasteiger charge is 2.20. The Balaban J connectivity index is 1.64. The Bertz CT molecular complexity index is 1280. The van der Waals surface area contributed by atoms with Gasteiger partial charge in [0.25, 0.3) is 0 Å². The largest absolute Gasteiger partial charge is 0.507 e. The van der Waals surface area contributed by atoms with Crippen LogP contribution in [0.3, 0.4) is 0 Å². The Morgan fingerprint density at radius 3 is 2.39 bits per heavy atom. The minimum absolute atomic E-state index is 0.141. The van der Waals surface area contributed by atoms with E-state index >= 15 is 0 Å². The molecule has 7 nitrogen and oxygen atoms in total. The molecule has 7 heteroatoms. The molecule has 3 rings (SSSR count). The molecule has 0 radical (unpaired) electrons. The molecule has 0 saturated carbocycles. The molecule has 3 N–H and O–H groups in total. The van der Waals surface area contributed by atoms with Gasteiger partial charge in [-0.05, 0) is 56.4 Å². The minimum atomic E-state index is -0.952. The van der Waals surface area contributed by atoms with Crippen molar-refractivity contribution in [1.29, 1.82) is 0 Å². The number of unbranched alkanes of at least 4 members (excludes halogenated alkanes) is 1. The summed E-state index contributed by atoms with van der Waals surface area (Å²) in [6, 6.07) is 17.9. The van der Waals surface area contributed by atoms with Crippen LogP contribution in [0, 0.1) is 13.5 Å². The highest BCUT2D eigenvalue weighted by Crippen LogP contribution is 2.28. The van der Waals surface area contributed by atoms with Crippen LogP contribution in [0.2, 0.25) is 0 Å². The Morgan fingerprint density at radius 1 is 1.00 bits per heavy atom. The van der Waals surface area contributed by atoms with Crippen molar-refractivity contribution in [2.75, 3.05) is 5.32 Å². The summed E-state index contributed by atoms with van der Waals surface area (Å²) >= 11 is 0. The van der Waals surface area contributed by atoms with Gasteiger partial charge in [-0.1, -0.05) is 62.2 Å². The number of carbonyl (C=O) groups is 2. The van der Waals surface area contributed by atoms with Crippen LogP contribution in [0.4, 0.5) is 11.4 Å². The van der Waals surface area contributed by atoms with Crippen LogP contribution in [-0.2, 0) is 4.79 Å². The van der Waals surface area contributed by atoms with E-state index in [0.29, 0.717) is 42.0 Å². The van der Waals surface area contributed by atoms with Gasteiger partial charge in [0.1, 0.15) is 17.5 Å². The molecule has 0 fully saturated rings. The van der Waals surface area contributed by atoms with Crippen LogP contribution in [0.1, 0.15) is 66.9 Å². The summed E-state index contributed by atoms with van der Waals surface area (Å²) < 4.78 is 6.18. The number of ether oxygens (including phenoxy) is 1. The number of aliphatic carboxylic acids is 1. The van der Waals surface area contributed by atoms with Crippen LogP contribution in [0.15, 0.2) is 66.7 Å². The van der Waals surface area contributed by atoms with Gasteiger partial charge in [-0.2, -0.15) is 0 Å². The maximum absolute atomic E-state index is 12.7. The third-order valence-corrected chi connectivity index (χ3v) is 6.43. The topological polar surface area (TPSA) is 100 Å². The zero-order valence-electron chi connectivity index (χ0n) is 21.8. The number of aromatic hydroxyl groups is 1. The molecule has 0 saturated heterocycles. The van der Waals surface area contributed by atoms with E-state index < -0.39 is 12.0 Å². The van der Waals surface area contributed by atoms with E-state index in [0.717, 1.165) is 24.8 Å².